The van der Waals surface area contributed by atoms with Gasteiger partial charge in [-0.2, -0.15) is 0 Å². The van der Waals surface area contributed by atoms with E-state index < -0.39 is 29.0 Å². The first-order valence-electron chi connectivity index (χ1n) is 8.43. The van der Waals surface area contributed by atoms with Gasteiger partial charge in [-0.3, -0.25) is 10.1 Å². The Hall–Kier alpha value is -2.83. The second-order valence-electron chi connectivity index (χ2n) is 6.05. The Balaban J connectivity index is 1.74. The standard InChI is InChI=1S/C21H16ClF3N2O/c22-15-8-6-14(7-9-15)21(13-4-2-1-3-5-13)26-12-18(28)27-17-11-10-16(23)19(24)20(17)25/h1-11,21,26H,12H2,(H,27,28)/t21-/m1/s1. The van der Waals surface area contributed by atoms with Crippen LogP contribution in [0.1, 0.15) is 17.2 Å². The van der Waals surface area contributed by atoms with Gasteiger partial charge in [0.15, 0.2) is 17.5 Å². The summed E-state index contributed by atoms with van der Waals surface area (Å²) in [6, 6.07) is 18.0. The van der Waals surface area contributed by atoms with Crippen molar-refractivity contribution < 1.29 is 18.0 Å². The lowest BCUT2D eigenvalue weighted by Gasteiger charge is -2.20. The molecule has 3 aromatic rings. The van der Waals surface area contributed by atoms with Crippen molar-refractivity contribution in [3.8, 4) is 0 Å². The lowest BCUT2D eigenvalue weighted by Crippen LogP contribution is -2.32. The molecule has 0 heterocycles. The minimum atomic E-state index is -1.63. The number of halogens is 4. The molecular weight excluding hydrogens is 389 g/mol. The monoisotopic (exact) mass is 404 g/mol. The van der Waals surface area contributed by atoms with Crippen LogP contribution in [0.4, 0.5) is 18.9 Å². The second kappa shape index (κ2) is 8.91. The molecule has 0 unspecified atom stereocenters. The Morgan fingerprint density at radius 1 is 0.857 bits per heavy atom. The number of hydrogen-bond acceptors (Lipinski definition) is 2. The van der Waals surface area contributed by atoms with Crippen molar-refractivity contribution >= 4 is 23.2 Å². The summed E-state index contributed by atoms with van der Waals surface area (Å²) in [5, 5.41) is 5.92. The van der Waals surface area contributed by atoms with E-state index in [2.05, 4.69) is 10.6 Å². The molecule has 1 atom stereocenters. The van der Waals surface area contributed by atoms with E-state index in [-0.39, 0.29) is 12.6 Å². The molecular formula is C21H16ClF3N2O. The molecule has 2 N–H and O–H groups in total. The van der Waals surface area contributed by atoms with Crippen molar-refractivity contribution in [1.29, 1.82) is 0 Å². The summed E-state index contributed by atoms with van der Waals surface area (Å²) in [5.74, 6) is -4.99. The van der Waals surface area contributed by atoms with Crippen molar-refractivity contribution in [2.45, 2.75) is 6.04 Å². The van der Waals surface area contributed by atoms with E-state index in [0.717, 1.165) is 23.3 Å². The van der Waals surface area contributed by atoms with Crippen LogP contribution in [0.15, 0.2) is 66.7 Å². The molecule has 0 aliphatic rings. The van der Waals surface area contributed by atoms with Crippen LogP contribution in [0, 0.1) is 17.5 Å². The van der Waals surface area contributed by atoms with E-state index >= 15 is 0 Å². The summed E-state index contributed by atoms with van der Waals surface area (Å²) in [7, 11) is 0. The highest BCUT2D eigenvalue weighted by atomic mass is 35.5. The van der Waals surface area contributed by atoms with Crippen LogP contribution in [-0.2, 0) is 4.79 Å². The lowest BCUT2D eigenvalue weighted by molar-refractivity contribution is -0.115. The number of hydrogen-bond donors (Lipinski definition) is 2. The quantitative estimate of drug-likeness (QED) is 0.563. The first-order valence-corrected chi connectivity index (χ1v) is 8.80. The SMILES string of the molecule is O=C(CN[C@H](c1ccccc1)c1ccc(Cl)cc1)Nc1ccc(F)c(F)c1F. The van der Waals surface area contributed by atoms with Crippen molar-refractivity contribution in [2.75, 3.05) is 11.9 Å². The van der Waals surface area contributed by atoms with Crippen LogP contribution >= 0.6 is 11.6 Å². The van der Waals surface area contributed by atoms with Gasteiger partial charge in [0.1, 0.15) is 0 Å². The molecule has 0 fully saturated rings. The Kier molecular flexibility index (Phi) is 6.34. The molecule has 7 heteroatoms. The van der Waals surface area contributed by atoms with Crippen LogP contribution in [0.5, 0.6) is 0 Å². The summed E-state index contributed by atoms with van der Waals surface area (Å²) in [6.45, 7) is -0.180. The van der Waals surface area contributed by atoms with E-state index in [1.807, 2.05) is 42.5 Å². The van der Waals surface area contributed by atoms with Gasteiger partial charge in [-0.25, -0.2) is 13.2 Å². The summed E-state index contributed by atoms with van der Waals surface area (Å²) in [6.07, 6.45) is 0. The first kappa shape index (κ1) is 19.9. The summed E-state index contributed by atoms with van der Waals surface area (Å²) in [5.41, 5.74) is 1.37. The zero-order chi connectivity index (χ0) is 20.1. The van der Waals surface area contributed by atoms with Crippen LogP contribution in [0.3, 0.4) is 0 Å². The molecule has 3 rings (SSSR count). The smallest absolute Gasteiger partial charge is 0.238 e. The van der Waals surface area contributed by atoms with Gasteiger partial charge in [-0.05, 0) is 35.4 Å². The molecule has 0 aliphatic carbocycles. The molecule has 3 aromatic carbocycles. The highest BCUT2D eigenvalue weighted by Gasteiger charge is 2.18. The van der Waals surface area contributed by atoms with Gasteiger partial charge in [0.05, 0.1) is 18.3 Å². The number of rotatable bonds is 6. The predicted octanol–water partition coefficient (Wildman–Crippen LogP) is 5.08. The van der Waals surface area contributed by atoms with Crippen LogP contribution in [-0.4, -0.2) is 12.5 Å². The molecule has 0 aliphatic heterocycles. The van der Waals surface area contributed by atoms with Gasteiger partial charge in [-0.1, -0.05) is 54.1 Å². The zero-order valence-electron chi connectivity index (χ0n) is 14.6. The fraction of sp³-hybridized carbons (Fsp3) is 0.0952. The second-order valence-corrected chi connectivity index (χ2v) is 6.48. The van der Waals surface area contributed by atoms with Crippen molar-refractivity contribution in [3.05, 3.63) is 100 Å². The molecule has 0 aromatic heterocycles. The Labute approximate surface area is 165 Å². The minimum Gasteiger partial charge on any atom is -0.322 e. The average Bonchev–Trinajstić information content (AvgIpc) is 2.71. The Morgan fingerprint density at radius 2 is 1.50 bits per heavy atom. The third-order valence-electron chi connectivity index (χ3n) is 4.11. The van der Waals surface area contributed by atoms with Crippen LogP contribution in [0.25, 0.3) is 0 Å². The number of amides is 1. The lowest BCUT2D eigenvalue weighted by atomic mass is 9.99. The van der Waals surface area contributed by atoms with Gasteiger partial charge >= 0.3 is 0 Å². The van der Waals surface area contributed by atoms with Gasteiger partial charge < -0.3 is 5.32 Å². The molecule has 28 heavy (non-hydrogen) atoms. The van der Waals surface area contributed by atoms with Crippen molar-refractivity contribution in [3.63, 3.8) is 0 Å². The minimum absolute atomic E-state index is 0.180. The number of carbonyl (C=O) groups is 1. The Morgan fingerprint density at radius 3 is 2.18 bits per heavy atom. The largest absolute Gasteiger partial charge is 0.322 e. The molecule has 0 saturated carbocycles. The van der Waals surface area contributed by atoms with Gasteiger partial charge in [0.25, 0.3) is 0 Å². The van der Waals surface area contributed by atoms with Crippen molar-refractivity contribution in [1.82, 2.24) is 5.32 Å². The average molecular weight is 405 g/mol. The third kappa shape index (κ3) is 4.71. The Bertz CT molecular complexity index is 965. The topological polar surface area (TPSA) is 41.1 Å². The van der Waals surface area contributed by atoms with E-state index in [1.54, 1.807) is 12.1 Å². The molecule has 0 spiro atoms. The van der Waals surface area contributed by atoms with Gasteiger partial charge in [-0.15, -0.1) is 0 Å². The molecule has 0 saturated heterocycles. The van der Waals surface area contributed by atoms with E-state index in [9.17, 15) is 18.0 Å². The molecule has 1 amide bonds. The summed E-state index contributed by atoms with van der Waals surface area (Å²) in [4.78, 5) is 12.2. The first-order chi connectivity index (χ1) is 13.5. The predicted molar refractivity (Wildman–Crippen MR) is 103 cm³/mol. The highest BCUT2D eigenvalue weighted by molar-refractivity contribution is 6.30. The molecule has 0 radical (unpaired) electrons. The molecule has 144 valence electrons. The van der Waals surface area contributed by atoms with Crippen LogP contribution < -0.4 is 10.6 Å². The van der Waals surface area contributed by atoms with E-state index in [1.165, 1.54) is 0 Å². The highest BCUT2D eigenvalue weighted by Crippen LogP contribution is 2.24. The van der Waals surface area contributed by atoms with Crippen molar-refractivity contribution in [2.24, 2.45) is 0 Å². The fourth-order valence-corrected chi connectivity index (χ4v) is 2.87. The third-order valence-corrected chi connectivity index (χ3v) is 4.36. The van der Waals surface area contributed by atoms with Gasteiger partial charge in [0.2, 0.25) is 5.91 Å². The van der Waals surface area contributed by atoms with Crippen LogP contribution in [0.2, 0.25) is 5.02 Å². The maximum absolute atomic E-state index is 13.7. The number of nitrogens with one attached hydrogen (secondary N) is 2. The summed E-state index contributed by atoms with van der Waals surface area (Å²) < 4.78 is 40.0. The van der Waals surface area contributed by atoms with E-state index in [0.29, 0.717) is 5.02 Å². The number of benzene rings is 3. The normalized spacial score (nSPS) is 11.9. The zero-order valence-corrected chi connectivity index (χ0v) is 15.3. The van der Waals surface area contributed by atoms with E-state index in [4.69, 9.17) is 11.6 Å². The summed E-state index contributed by atoms with van der Waals surface area (Å²) >= 11 is 5.94. The molecule has 3 nitrogen and oxygen atoms in total. The number of anilines is 1. The molecule has 0 bridgehead atoms. The number of carbonyl (C=O) groups excluding carboxylic acids is 1. The fourth-order valence-electron chi connectivity index (χ4n) is 2.74. The van der Waals surface area contributed by atoms with Gasteiger partial charge in [0, 0.05) is 5.02 Å². The maximum atomic E-state index is 13.7. The maximum Gasteiger partial charge on any atom is 0.238 e.